The van der Waals surface area contributed by atoms with Crippen LogP contribution in [0.25, 0.3) is 0 Å². The average molecular weight is 315 g/mol. The van der Waals surface area contributed by atoms with Gasteiger partial charge in [-0.15, -0.1) is 0 Å². The van der Waals surface area contributed by atoms with Crippen LogP contribution in [0.1, 0.15) is 25.7 Å². The van der Waals surface area contributed by atoms with Crippen LogP contribution in [0.5, 0.6) is 0 Å². The molecule has 7 heteroatoms. The lowest BCUT2D eigenvalue weighted by Gasteiger charge is -2.36. The zero-order chi connectivity index (χ0) is 15.7. The minimum Gasteiger partial charge on any atom is -0.399 e. The number of hydrogen-bond donors (Lipinski definition) is 2. The number of nitrogens with one attached hydrogen (secondary N) is 1. The van der Waals surface area contributed by atoms with Gasteiger partial charge in [0.25, 0.3) is 0 Å². The quantitative estimate of drug-likeness (QED) is 0.809. The van der Waals surface area contributed by atoms with E-state index in [9.17, 15) is 12.8 Å². The number of halogens is 1. The fourth-order valence-corrected chi connectivity index (χ4v) is 4.03. The Kier molecular flexibility index (Phi) is 4.55. The molecule has 1 fully saturated rings. The fourth-order valence-electron chi connectivity index (χ4n) is 2.86. The topological polar surface area (TPSA) is 75.4 Å². The highest BCUT2D eigenvalue weighted by Crippen LogP contribution is 2.33. The summed E-state index contributed by atoms with van der Waals surface area (Å²) < 4.78 is 40.9. The van der Waals surface area contributed by atoms with E-state index in [2.05, 4.69) is 9.62 Å². The molecule has 5 nitrogen and oxygen atoms in total. The highest BCUT2D eigenvalue weighted by atomic mass is 32.2. The number of anilines is 1. The molecule has 1 aromatic carbocycles. The van der Waals surface area contributed by atoms with Crippen molar-refractivity contribution in [1.82, 2.24) is 9.62 Å². The Morgan fingerprint density at radius 2 is 1.95 bits per heavy atom. The Balaban J connectivity index is 2.18. The molecule has 0 radical (unpaired) electrons. The minimum absolute atomic E-state index is 0.183. The molecule has 0 saturated heterocycles. The van der Waals surface area contributed by atoms with Gasteiger partial charge in [0.1, 0.15) is 10.7 Å². The van der Waals surface area contributed by atoms with Gasteiger partial charge in [0.15, 0.2) is 0 Å². The van der Waals surface area contributed by atoms with Gasteiger partial charge in [0.05, 0.1) is 0 Å². The molecule has 2 rings (SSSR count). The third-order valence-corrected chi connectivity index (χ3v) is 5.75. The van der Waals surface area contributed by atoms with E-state index in [1.54, 1.807) is 0 Å². The second-order valence-electron chi connectivity index (χ2n) is 5.84. The van der Waals surface area contributed by atoms with Gasteiger partial charge in [-0.2, -0.15) is 0 Å². The summed E-state index contributed by atoms with van der Waals surface area (Å²) in [6.45, 7) is 0.284. The maximum atomic E-state index is 13.8. The van der Waals surface area contributed by atoms with Gasteiger partial charge in [-0.25, -0.2) is 17.5 Å². The smallest absolute Gasteiger partial charge is 0.243 e. The molecule has 0 atom stereocenters. The minimum atomic E-state index is -3.87. The van der Waals surface area contributed by atoms with E-state index in [0.717, 1.165) is 31.7 Å². The number of benzene rings is 1. The van der Waals surface area contributed by atoms with Gasteiger partial charge >= 0.3 is 0 Å². The van der Waals surface area contributed by atoms with Crippen LogP contribution in [0.3, 0.4) is 0 Å². The van der Waals surface area contributed by atoms with Crippen LogP contribution >= 0.6 is 0 Å². The summed E-state index contributed by atoms with van der Waals surface area (Å²) in [6, 6.07) is 3.60. The van der Waals surface area contributed by atoms with Crippen LogP contribution in [0.4, 0.5) is 10.1 Å². The predicted molar refractivity (Wildman–Crippen MR) is 80.9 cm³/mol. The predicted octanol–water partition coefficient (Wildman–Crippen LogP) is 1.56. The van der Waals surface area contributed by atoms with E-state index in [1.165, 1.54) is 12.1 Å². The average Bonchev–Trinajstić information content (AvgIpc) is 2.86. The van der Waals surface area contributed by atoms with Crippen molar-refractivity contribution in [2.24, 2.45) is 0 Å². The van der Waals surface area contributed by atoms with E-state index in [4.69, 9.17) is 5.73 Å². The van der Waals surface area contributed by atoms with Crippen LogP contribution < -0.4 is 10.5 Å². The van der Waals surface area contributed by atoms with E-state index < -0.39 is 15.8 Å². The van der Waals surface area contributed by atoms with Crippen LogP contribution in [-0.4, -0.2) is 39.5 Å². The molecule has 1 aliphatic rings. The zero-order valence-corrected chi connectivity index (χ0v) is 13.2. The summed E-state index contributed by atoms with van der Waals surface area (Å²) in [4.78, 5) is 1.70. The van der Waals surface area contributed by atoms with Crippen molar-refractivity contribution >= 4 is 15.7 Å². The van der Waals surface area contributed by atoms with Gasteiger partial charge in [-0.05, 0) is 45.1 Å². The molecule has 0 aromatic heterocycles. The summed E-state index contributed by atoms with van der Waals surface area (Å²) in [7, 11) is 0.0216. The number of sulfonamides is 1. The van der Waals surface area contributed by atoms with Crippen molar-refractivity contribution in [1.29, 1.82) is 0 Å². The molecule has 0 bridgehead atoms. The Morgan fingerprint density at radius 1 is 1.33 bits per heavy atom. The summed E-state index contributed by atoms with van der Waals surface area (Å²) in [5.74, 6) is -0.826. The van der Waals surface area contributed by atoms with E-state index in [-0.39, 0.29) is 22.7 Å². The fraction of sp³-hybridized carbons (Fsp3) is 0.571. The molecule has 0 unspecified atom stereocenters. The standard InChI is InChI=1S/C14H22FN3O2S/c1-18(2)14(7-3-4-8-14)10-17-21(19,20)13-6-5-11(16)9-12(13)15/h5-6,9,17H,3-4,7-8,10,16H2,1-2H3. The summed E-state index contributed by atoms with van der Waals surface area (Å²) in [5.41, 5.74) is 5.46. The summed E-state index contributed by atoms with van der Waals surface area (Å²) in [6.07, 6.45) is 4.03. The number of likely N-dealkylation sites (N-methyl/N-ethyl adjacent to an activating group) is 1. The Bertz CT molecular complexity index is 611. The van der Waals surface area contributed by atoms with Crippen LogP contribution in [-0.2, 0) is 10.0 Å². The second-order valence-corrected chi connectivity index (χ2v) is 7.58. The third kappa shape index (κ3) is 3.36. The maximum absolute atomic E-state index is 13.8. The second kappa shape index (κ2) is 5.90. The highest BCUT2D eigenvalue weighted by molar-refractivity contribution is 7.89. The Morgan fingerprint density at radius 3 is 2.48 bits per heavy atom. The van der Waals surface area contributed by atoms with Crippen molar-refractivity contribution in [3.05, 3.63) is 24.0 Å². The van der Waals surface area contributed by atoms with E-state index in [0.29, 0.717) is 0 Å². The van der Waals surface area contributed by atoms with Gasteiger partial charge in [-0.3, -0.25) is 0 Å². The maximum Gasteiger partial charge on any atom is 0.243 e. The number of nitrogens with zero attached hydrogens (tertiary/aromatic N) is 1. The van der Waals surface area contributed by atoms with Gasteiger partial charge < -0.3 is 10.6 Å². The largest absolute Gasteiger partial charge is 0.399 e. The molecule has 1 aliphatic carbocycles. The molecular weight excluding hydrogens is 293 g/mol. The van der Waals surface area contributed by atoms with Crippen molar-refractivity contribution in [2.75, 3.05) is 26.4 Å². The molecule has 118 valence electrons. The van der Waals surface area contributed by atoms with Crippen molar-refractivity contribution < 1.29 is 12.8 Å². The summed E-state index contributed by atoms with van der Waals surface area (Å²) >= 11 is 0. The lowest BCUT2D eigenvalue weighted by atomic mass is 9.97. The number of rotatable bonds is 5. The lowest BCUT2D eigenvalue weighted by molar-refractivity contribution is 0.162. The van der Waals surface area contributed by atoms with Gasteiger partial charge in [0.2, 0.25) is 10.0 Å². The Hall–Kier alpha value is -1.18. The van der Waals surface area contributed by atoms with Crippen molar-refractivity contribution in [3.8, 4) is 0 Å². The number of hydrogen-bond acceptors (Lipinski definition) is 4. The van der Waals surface area contributed by atoms with Gasteiger partial charge in [0, 0.05) is 17.8 Å². The SMILES string of the molecule is CN(C)C1(CNS(=O)(=O)c2ccc(N)cc2F)CCCC1. The third-order valence-electron chi connectivity index (χ3n) is 4.32. The lowest BCUT2D eigenvalue weighted by Crippen LogP contribution is -2.50. The normalized spacial score (nSPS) is 18.3. The summed E-state index contributed by atoms with van der Waals surface area (Å²) in [5, 5.41) is 0. The molecular formula is C14H22FN3O2S. The van der Waals surface area contributed by atoms with E-state index in [1.807, 2.05) is 14.1 Å². The first-order valence-corrected chi connectivity index (χ1v) is 8.47. The number of nitrogen functional groups attached to an aromatic ring is 1. The molecule has 0 spiro atoms. The molecule has 21 heavy (non-hydrogen) atoms. The van der Waals surface area contributed by atoms with Crippen LogP contribution in [0, 0.1) is 5.82 Å². The monoisotopic (exact) mass is 315 g/mol. The van der Waals surface area contributed by atoms with Gasteiger partial charge in [-0.1, -0.05) is 12.8 Å². The van der Waals surface area contributed by atoms with Crippen molar-refractivity contribution in [3.63, 3.8) is 0 Å². The number of nitrogens with two attached hydrogens (primary N) is 1. The molecule has 1 aromatic rings. The highest BCUT2D eigenvalue weighted by Gasteiger charge is 2.37. The van der Waals surface area contributed by atoms with Crippen LogP contribution in [0.2, 0.25) is 0 Å². The zero-order valence-electron chi connectivity index (χ0n) is 12.4. The molecule has 3 N–H and O–H groups in total. The van der Waals surface area contributed by atoms with Crippen molar-refractivity contribution in [2.45, 2.75) is 36.1 Å². The van der Waals surface area contributed by atoms with Crippen LogP contribution in [0.15, 0.2) is 23.1 Å². The molecule has 1 saturated carbocycles. The molecule has 0 aliphatic heterocycles. The first-order valence-electron chi connectivity index (χ1n) is 6.99. The first-order chi connectivity index (χ1) is 9.77. The molecule has 0 heterocycles. The molecule has 0 amide bonds. The Labute approximate surface area is 125 Å². The van der Waals surface area contributed by atoms with E-state index >= 15 is 0 Å². The first kappa shape index (κ1) is 16.2.